The molecule has 0 aliphatic rings. The van der Waals surface area contributed by atoms with Crippen molar-refractivity contribution in [1.29, 1.82) is 0 Å². The van der Waals surface area contributed by atoms with Crippen LogP contribution in [0.15, 0.2) is 24.3 Å². The zero-order chi connectivity index (χ0) is 12.7. The van der Waals surface area contributed by atoms with Crippen LogP contribution in [-0.4, -0.2) is 17.3 Å². The van der Waals surface area contributed by atoms with Gasteiger partial charge in [-0.05, 0) is 25.0 Å². The molecular weight excluding hydrogens is 282 g/mol. The Kier molecular flexibility index (Phi) is 6.22. The van der Waals surface area contributed by atoms with E-state index >= 15 is 0 Å². The lowest BCUT2D eigenvalue weighted by Crippen LogP contribution is -2.29. The number of amides is 1. The number of carbonyl (C=O) groups is 1. The van der Waals surface area contributed by atoms with E-state index in [0.29, 0.717) is 19.8 Å². The molecule has 1 unspecified atom stereocenters. The summed E-state index contributed by atoms with van der Waals surface area (Å²) in [5.41, 5.74) is 2.22. The lowest BCUT2D eigenvalue weighted by molar-refractivity contribution is -0.120. The van der Waals surface area contributed by atoms with Crippen molar-refractivity contribution in [2.24, 2.45) is 0 Å². The highest BCUT2D eigenvalue weighted by molar-refractivity contribution is 9.10. The van der Waals surface area contributed by atoms with Gasteiger partial charge in [-0.2, -0.15) is 0 Å². The highest BCUT2D eigenvalue weighted by atomic mass is 79.9. The molecule has 0 aliphatic heterocycles. The maximum absolute atomic E-state index is 11.5. The van der Waals surface area contributed by atoms with Crippen molar-refractivity contribution < 1.29 is 9.53 Å². The van der Waals surface area contributed by atoms with Crippen molar-refractivity contribution in [3.8, 4) is 0 Å². The van der Waals surface area contributed by atoms with Crippen LogP contribution in [0.25, 0.3) is 0 Å². The average Bonchev–Trinajstić information content (AvgIpc) is 2.34. The molecule has 1 atom stereocenters. The zero-order valence-corrected chi connectivity index (χ0v) is 11.8. The van der Waals surface area contributed by atoms with Crippen molar-refractivity contribution in [1.82, 2.24) is 5.32 Å². The number of hydrogen-bond donors (Lipinski definition) is 1. The van der Waals surface area contributed by atoms with Crippen LogP contribution in [0.2, 0.25) is 0 Å². The van der Waals surface area contributed by atoms with Gasteiger partial charge < -0.3 is 10.1 Å². The first kappa shape index (κ1) is 14.2. The monoisotopic (exact) mass is 299 g/mol. The van der Waals surface area contributed by atoms with Gasteiger partial charge in [0.2, 0.25) is 5.91 Å². The highest BCUT2D eigenvalue weighted by Gasteiger charge is 2.09. The molecule has 1 rings (SSSR count). The predicted octanol–water partition coefficient (Wildman–Crippen LogP) is 2.62. The largest absolute Gasteiger partial charge is 0.377 e. The van der Waals surface area contributed by atoms with E-state index in [4.69, 9.17) is 4.74 Å². The van der Waals surface area contributed by atoms with Crippen LogP contribution in [0.1, 0.15) is 25.0 Å². The van der Waals surface area contributed by atoms with E-state index in [9.17, 15) is 4.79 Å². The molecule has 0 heterocycles. The van der Waals surface area contributed by atoms with Gasteiger partial charge >= 0.3 is 0 Å². The van der Waals surface area contributed by atoms with Gasteiger partial charge in [0, 0.05) is 13.2 Å². The molecule has 17 heavy (non-hydrogen) atoms. The maximum atomic E-state index is 11.5. The van der Waals surface area contributed by atoms with Gasteiger partial charge in [0.1, 0.15) is 0 Å². The molecule has 0 saturated heterocycles. The van der Waals surface area contributed by atoms with Gasteiger partial charge in [0.25, 0.3) is 0 Å². The lowest BCUT2D eigenvalue weighted by atomic mass is 10.1. The Morgan fingerprint density at radius 2 is 2.06 bits per heavy atom. The van der Waals surface area contributed by atoms with Crippen molar-refractivity contribution in [2.45, 2.75) is 31.8 Å². The summed E-state index contributed by atoms with van der Waals surface area (Å²) in [5.74, 6) is -0.00351. The van der Waals surface area contributed by atoms with E-state index in [1.54, 1.807) is 6.92 Å². The number of ether oxygens (including phenoxy) is 1. The number of halogens is 1. The molecule has 0 fully saturated rings. The van der Waals surface area contributed by atoms with Crippen LogP contribution in [0, 0.1) is 0 Å². The van der Waals surface area contributed by atoms with E-state index in [-0.39, 0.29) is 10.7 Å². The Morgan fingerprint density at radius 1 is 1.41 bits per heavy atom. The summed E-state index contributed by atoms with van der Waals surface area (Å²) in [5, 5.41) is 2.87. The van der Waals surface area contributed by atoms with Crippen LogP contribution in [-0.2, 0) is 22.7 Å². The fourth-order valence-corrected chi connectivity index (χ4v) is 1.57. The first-order valence-electron chi connectivity index (χ1n) is 5.71. The van der Waals surface area contributed by atoms with E-state index < -0.39 is 0 Å². The summed E-state index contributed by atoms with van der Waals surface area (Å²) < 4.78 is 5.39. The minimum atomic E-state index is -0.165. The molecule has 0 aliphatic carbocycles. The maximum Gasteiger partial charge on any atom is 0.233 e. The molecule has 0 bridgehead atoms. The van der Waals surface area contributed by atoms with Gasteiger partial charge in [0.15, 0.2) is 0 Å². The number of hydrogen-bond acceptors (Lipinski definition) is 2. The molecule has 1 aromatic carbocycles. The lowest BCUT2D eigenvalue weighted by Gasteiger charge is -2.11. The van der Waals surface area contributed by atoms with E-state index in [1.165, 1.54) is 0 Å². The Morgan fingerprint density at radius 3 is 2.65 bits per heavy atom. The fourth-order valence-electron chi connectivity index (χ4n) is 1.41. The molecule has 0 saturated carbocycles. The smallest absolute Gasteiger partial charge is 0.233 e. The number of benzene rings is 1. The zero-order valence-electron chi connectivity index (χ0n) is 10.2. The molecule has 1 amide bonds. The van der Waals surface area contributed by atoms with Crippen molar-refractivity contribution >= 4 is 21.8 Å². The van der Waals surface area contributed by atoms with Crippen LogP contribution in [0.4, 0.5) is 0 Å². The van der Waals surface area contributed by atoms with Gasteiger partial charge in [-0.15, -0.1) is 0 Å². The minimum absolute atomic E-state index is 0.00351. The molecule has 0 radical (unpaired) electrons. The van der Waals surface area contributed by atoms with Gasteiger partial charge in [-0.25, -0.2) is 0 Å². The summed E-state index contributed by atoms with van der Waals surface area (Å²) >= 11 is 3.24. The van der Waals surface area contributed by atoms with Crippen molar-refractivity contribution in [2.75, 3.05) is 6.61 Å². The summed E-state index contributed by atoms with van der Waals surface area (Å²) in [4.78, 5) is 11.3. The SMILES string of the molecule is CCOCc1ccccc1CNC(=O)C(C)Br. The second-order valence-electron chi connectivity index (χ2n) is 3.74. The molecule has 0 spiro atoms. The van der Waals surface area contributed by atoms with Crippen LogP contribution in [0.5, 0.6) is 0 Å². The van der Waals surface area contributed by atoms with Crippen molar-refractivity contribution in [3.05, 3.63) is 35.4 Å². The Labute approximate surface area is 111 Å². The first-order chi connectivity index (χ1) is 8.15. The number of rotatable bonds is 6. The standard InChI is InChI=1S/C13H18BrNO2/c1-3-17-9-12-7-5-4-6-11(12)8-15-13(16)10(2)14/h4-7,10H,3,8-9H2,1-2H3,(H,15,16). The second-order valence-corrected chi connectivity index (χ2v) is 5.11. The average molecular weight is 300 g/mol. The Bertz CT molecular complexity index is 366. The van der Waals surface area contributed by atoms with Crippen LogP contribution >= 0.6 is 15.9 Å². The summed E-state index contributed by atoms with van der Waals surface area (Å²) in [6.45, 7) is 5.60. The Balaban J connectivity index is 2.60. The normalized spacial score (nSPS) is 12.2. The minimum Gasteiger partial charge on any atom is -0.377 e. The van der Waals surface area contributed by atoms with Gasteiger partial charge in [-0.3, -0.25) is 4.79 Å². The van der Waals surface area contributed by atoms with Gasteiger partial charge in [0.05, 0.1) is 11.4 Å². The van der Waals surface area contributed by atoms with Gasteiger partial charge in [-0.1, -0.05) is 40.2 Å². The number of nitrogens with one attached hydrogen (secondary N) is 1. The van der Waals surface area contributed by atoms with Crippen molar-refractivity contribution in [3.63, 3.8) is 0 Å². The number of alkyl halides is 1. The molecule has 0 aromatic heterocycles. The fraction of sp³-hybridized carbons (Fsp3) is 0.462. The molecule has 4 heteroatoms. The number of carbonyl (C=O) groups excluding carboxylic acids is 1. The highest BCUT2D eigenvalue weighted by Crippen LogP contribution is 2.10. The molecule has 1 aromatic rings. The third-order valence-corrected chi connectivity index (χ3v) is 2.81. The third-order valence-electron chi connectivity index (χ3n) is 2.39. The predicted molar refractivity (Wildman–Crippen MR) is 72.0 cm³/mol. The molecule has 1 N–H and O–H groups in total. The third kappa shape index (κ3) is 4.88. The second kappa shape index (κ2) is 7.45. The topological polar surface area (TPSA) is 38.3 Å². The summed E-state index contributed by atoms with van der Waals surface area (Å²) in [6.07, 6.45) is 0. The Hall–Kier alpha value is -0.870. The quantitative estimate of drug-likeness (QED) is 0.820. The van der Waals surface area contributed by atoms with E-state index in [2.05, 4.69) is 21.2 Å². The summed E-state index contributed by atoms with van der Waals surface area (Å²) in [7, 11) is 0. The summed E-state index contributed by atoms with van der Waals surface area (Å²) in [6, 6.07) is 7.98. The molecule has 94 valence electrons. The molecule has 3 nitrogen and oxygen atoms in total. The van der Waals surface area contributed by atoms with E-state index in [0.717, 1.165) is 11.1 Å². The van der Waals surface area contributed by atoms with Crippen LogP contribution < -0.4 is 5.32 Å². The first-order valence-corrected chi connectivity index (χ1v) is 6.63. The van der Waals surface area contributed by atoms with Crippen LogP contribution in [0.3, 0.4) is 0 Å². The van der Waals surface area contributed by atoms with E-state index in [1.807, 2.05) is 31.2 Å². The molecular formula is C13H18BrNO2.